The van der Waals surface area contributed by atoms with Crippen molar-refractivity contribution >= 4 is 15.8 Å². The van der Waals surface area contributed by atoms with Gasteiger partial charge >= 0.3 is 29.6 Å². The predicted molar refractivity (Wildman–Crippen MR) is 78.5 cm³/mol. The molecule has 0 unspecified atom stereocenters. The third-order valence-electron chi connectivity index (χ3n) is 2.95. The van der Waals surface area contributed by atoms with Crippen LogP contribution in [0.2, 0.25) is 0 Å². The molecule has 0 fully saturated rings. The van der Waals surface area contributed by atoms with Gasteiger partial charge in [0.1, 0.15) is 0 Å². The molecule has 0 saturated carbocycles. The van der Waals surface area contributed by atoms with Crippen molar-refractivity contribution in [2.75, 3.05) is 17.2 Å². The fraction of sp³-hybridized carbons (Fsp3) is 0.200. The Kier molecular flexibility index (Phi) is 7.42. The van der Waals surface area contributed by atoms with Crippen LogP contribution in [0, 0.1) is 0 Å². The van der Waals surface area contributed by atoms with Crippen LogP contribution in [0.25, 0.3) is 0 Å². The zero-order valence-electron chi connectivity index (χ0n) is 12.0. The SMILES string of the molecule is O=S(=O)([O-])CCN(Cc1ccccc1)c1ccccc1.[Na+]. The largest absolute Gasteiger partial charge is 1.00 e. The van der Waals surface area contributed by atoms with Crippen LogP contribution in [-0.2, 0) is 16.7 Å². The molecule has 0 aromatic heterocycles. The third-order valence-corrected chi connectivity index (χ3v) is 3.63. The maximum atomic E-state index is 10.8. The molecule has 2 rings (SSSR count). The molecule has 0 radical (unpaired) electrons. The van der Waals surface area contributed by atoms with E-state index in [9.17, 15) is 13.0 Å². The number of para-hydroxylation sites is 1. The molecule has 0 spiro atoms. The van der Waals surface area contributed by atoms with Crippen molar-refractivity contribution in [3.8, 4) is 0 Å². The molecular formula is C15H16NNaO3S. The molecule has 0 saturated heterocycles. The Hall–Kier alpha value is -0.850. The molecule has 4 nitrogen and oxygen atoms in total. The quantitative estimate of drug-likeness (QED) is 0.520. The van der Waals surface area contributed by atoms with E-state index in [1.54, 1.807) is 0 Å². The van der Waals surface area contributed by atoms with E-state index in [0.717, 1.165) is 11.3 Å². The van der Waals surface area contributed by atoms with Crippen molar-refractivity contribution in [1.29, 1.82) is 0 Å². The van der Waals surface area contributed by atoms with Crippen LogP contribution in [0.4, 0.5) is 5.69 Å². The molecule has 106 valence electrons. The van der Waals surface area contributed by atoms with Crippen LogP contribution in [0.1, 0.15) is 5.56 Å². The van der Waals surface area contributed by atoms with Gasteiger partial charge in [-0.25, -0.2) is 8.42 Å². The molecule has 2 aromatic rings. The van der Waals surface area contributed by atoms with E-state index in [1.807, 2.05) is 65.6 Å². The van der Waals surface area contributed by atoms with Gasteiger partial charge in [0, 0.05) is 18.8 Å². The number of hydrogen-bond acceptors (Lipinski definition) is 4. The van der Waals surface area contributed by atoms with Crippen LogP contribution >= 0.6 is 0 Å². The molecule has 0 aliphatic carbocycles. The summed E-state index contributed by atoms with van der Waals surface area (Å²) >= 11 is 0. The molecule has 0 amide bonds. The predicted octanol–water partition coefficient (Wildman–Crippen LogP) is -0.758. The van der Waals surface area contributed by atoms with Gasteiger partial charge in [0.15, 0.2) is 0 Å². The summed E-state index contributed by atoms with van der Waals surface area (Å²) in [5, 5.41) is 0. The molecule has 0 heterocycles. The zero-order chi connectivity index (χ0) is 14.4. The average Bonchev–Trinajstić information content (AvgIpc) is 2.44. The van der Waals surface area contributed by atoms with Crippen LogP contribution in [0.15, 0.2) is 60.7 Å². The summed E-state index contributed by atoms with van der Waals surface area (Å²) in [6.07, 6.45) is 0. The first-order chi connectivity index (χ1) is 9.54. The van der Waals surface area contributed by atoms with E-state index in [2.05, 4.69) is 0 Å². The van der Waals surface area contributed by atoms with E-state index < -0.39 is 15.9 Å². The van der Waals surface area contributed by atoms with Gasteiger partial charge in [-0.1, -0.05) is 48.5 Å². The van der Waals surface area contributed by atoms with Crippen molar-refractivity contribution in [3.63, 3.8) is 0 Å². The Bertz CT molecular complexity index is 632. The average molecular weight is 313 g/mol. The second-order valence-electron chi connectivity index (χ2n) is 4.50. The van der Waals surface area contributed by atoms with E-state index in [0.29, 0.717) is 6.54 Å². The zero-order valence-corrected chi connectivity index (χ0v) is 14.8. The van der Waals surface area contributed by atoms with Crippen molar-refractivity contribution in [2.24, 2.45) is 0 Å². The van der Waals surface area contributed by atoms with Crippen LogP contribution in [0.3, 0.4) is 0 Å². The number of nitrogens with zero attached hydrogens (tertiary/aromatic N) is 1. The second-order valence-corrected chi connectivity index (χ2v) is 6.03. The maximum Gasteiger partial charge on any atom is 1.00 e. The fourth-order valence-corrected chi connectivity index (χ4v) is 2.41. The summed E-state index contributed by atoms with van der Waals surface area (Å²) in [7, 11) is -4.21. The van der Waals surface area contributed by atoms with E-state index in [-0.39, 0.29) is 36.1 Å². The summed E-state index contributed by atoms with van der Waals surface area (Å²) < 4.78 is 32.5. The van der Waals surface area contributed by atoms with Crippen molar-refractivity contribution in [3.05, 3.63) is 66.2 Å². The summed E-state index contributed by atoms with van der Waals surface area (Å²) in [5.74, 6) is -0.394. The molecule has 0 N–H and O–H groups in total. The van der Waals surface area contributed by atoms with Gasteiger partial charge < -0.3 is 9.45 Å². The Labute approximate surface area is 147 Å². The molecule has 0 aliphatic rings. The van der Waals surface area contributed by atoms with Crippen LogP contribution in [0.5, 0.6) is 0 Å². The van der Waals surface area contributed by atoms with E-state index >= 15 is 0 Å². The Morgan fingerprint density at radius 2 is 1.43 bits per heavy atom. The number of benzene rings is 2. The van der Waals surface area contributed by atoms with Crippen LogP contribution < -0.4 is 34.5 Å². The smallest absolute Gasteiger partial charge is 0.748 e. The minimum absolute atomic E-state index is 0. The Morgan fingerprint density at radius 3 is 1.95 bits per heavy atom. The Balaban J connectivity index is 0.00000220. The molecule has 0 aliphatic heterocycles. The molecular weight excluding hydrogens is 297 g/mol. The van der Waals surface area contributed by atoms with E-state index in [1.165, 1.54) is 0 Å². The Morgan fingerprint density at radius 1 is 0.905 bits per heavy atom. The second kappa shape index (κ2) is 8.56. The monoisotopic (exact) mass is 313 g/mol. The summed E-state index contributed by atoms with van der Waals surface area (Å²) in [5.41, 5.74) is 1.97. The van der Waals surface area contributed by atoms with Gasteiger partial charge in [0.05, 0.1) is 15.9 Å². The number of hydrogen-bond donors (Lipinski definition) is 0. The normalized spacial score (nSPS) is 10.7. The molecule has 21 heavy (non-hydrogen) atoms. The van der Waals surface area contributed by atoms with Gasteiger partial charge in [-0.15, -0.1) is 0 Å². The summed E-state index contributed by atoms with van der Waals surface area (Å²) in [6, 6.07) is 19.2. The minimum atomic E-state index is -4.21. The maximum absolute atomic E-state index is 10.8. The van der Waals surface area contributed by atoms with Gasteiger partial charge in [-0.2, -0.15) is 0 Å². The van der Waals surface area contributed by atoms with Gasteiger partial charge in [0.25, 0.3) is 0 Å². The van der Waals surface area contributed by atoms with E-state index in [4.69, 9.17) is 0 Å². The molecule has 0 bridgehead atoms. The first-order valence-corrected chi connectivity index (χ1v) is 7.90. The van der Waals surface area contributed by atoms with Crippen molar-refractivity contribution in [1.82, 2.24) is 0 Å². The summed E-state index contributed by atoms with van der Waals surface area (Å²) in [4.78, 5) is 1.89. The van der Waals surface area contributed by atoms with Gasteiger partial charge in [0.2, 0.25) is 0 Å². The molecule has 0 atom stereocenters. The fourth-order valence-electron chi connectivity index (χ4n) is 1.96. The molecule has 2 aromatic carbocycles. The standard InChI is InChI=1S/C15H17NO3S.Na/c17-20(18,19)12-11-16(15-9-5-2-6-10-15)13-14-7-3-1-4-8-14;/h1-10H,11-13H2,(H,17,18,19);/q;+1/p-1. The summed E-state index contributed by atoms with van der Waals surface area (Å²) in [6.45, 7) is 0.755. The third kappa shape index (κ3) is 6.63. The van der Waals surface area contributed by atoms with Crippen molar-refractivity contribution in [2.45, 2.75) is 6.54 Å². The van der Waals surface area contributed by atoms with Crippen LogP contribution in [-0.4, -0.2) is 25.3 Å². The van der Waals surface area contributed by atoms with Crippen molar-refractivity contribution < 1.29 is 42.5 Å². The molecule has 6 heteroatoms. The van der Waals surface area contributed by atoms with Gasteiger partial charge in [-0.05, 0) is 17.7 Å². The first-order valence-electron chi connectivity index (χ1n) is 6.32. The van der Waals surface area contributed by atoms with Gasteiger partial charge in [-0.3, -0.25) is 0 Å². The number of anilines is 1. The minimum Gasteiger partial charge on any atom is -0.748 e. The number of rotatable bonds is 6. The topological polar surface area (TPSA) is 60.4 Å². The first kappa shape index (κ1) is 18.2.